The Morgan fingerprint density at radius 1 is 1.10 bits per heavy atom. The van der Waals surface area contributed by atoms with Gasteiger partial charge in [0.05, 0.1) is 0 Å². The van der Waals surface area contributed by atoms with Crippen LogP contribution in [-0.2, 0) is 4.79 Å². The largest absolute Gasteiger partial charge is 0.333 e. The first kappa shape index (κ1) is 15.1. The normalized spacial score (nSPS) is 12.0. The molecule has 2 rings (SSSR count). The van der Waals surface area contributed by atoms with E-state index in [0.29, 0.717) is 0 Å². The van der Waals surface area contributed by atoms with E-state index >= 15 is 0 Å². The molecule has 0 aliphatic rings. The molecule has 1 atom stereocenters. The molecule has 0 bridgehead atoms. The topological polar surface area (TPSA) is 45.7 Å². The van der Waals surface area contributed by atoms with Crippen molar-refractivity contribution in [2.45, 2.75) is 13.0 Å². The van der Waals surface area contributed by atoms with Crippen LogP contribution in [-0.4, -0.2) is 12.5 Å². The fourth-order valence-corrected chi connectivity index (χ4v) is 1.98. The molecule has 0 saturated carbocycles. The van der Waals surface area contributed by atoms with E-state index in [2.05, 4.69) is 5.32 Å². The molecule has 110 valence electrons. The molecule has 5 heteroatoms. The summed E-state index contributed by atoms with van der Waals surface area (Å²) in [7, 11) is 0. The molecule has 3 nitrogen and oxygen atoms in total. The van der Waals surface area contributed by atoms with Crippen molar-refractivity contribution in [2.24, 2.45) is 0 Å². The highest BCUT2D eigenvalue weighted by Crippen LogP contribution is 2.17. The second kappa shape index (κ2) is 6.95. The van der Waals surface area contributed by atoms with E-state index in [-0.39, 0.29) is 12.6 Å². The lowest BCUT2D eigenvalue weighted by Gasteiger charge is -2.11. The van der Waals surface area contributed by atoms with Crippen LogP contribution in [0.25, 0.3) is 0 Å². The molecule has 0 radical (unpaired) electrons. The van der Waals surface area contributed by atoms with Gasteiger partial charge in [0.2, 0.25) is 0 Å². The monoisotopic (exact) mass is 291 g/mol. The van der Waals surface area contributed by atoms with E-state index in [4.69, 9.17) is 0 Å². The average molecular weight is 291 g/mol. The lowest BCUT2D eigenvalue weighted by molar-refractivity contribution is -0.682. The van der Waals surface area contributed by atoms with E-state index in [9.17, 15) is 13.6 Å². The molecule has 0 aliphatic carbocycles. The summed E-state index contributed by atoms with van der Waals surface area (Å²) in [4.78, 5) is 11.8. The lowest BCUT2D eigenvalue weighted by Crippen LogP contribution is -2.86. The highest BCUT2D eigenvalue weighted by molar-refractivity contribution is 5.91. The van der Waals surface area contributed by atoms with Gasteiger partial charge in [-0.05, 0) is 19.1 Å². The number of carbonyl (C=O) groups is 1. The zero-order valence-electron chi connectivity index (χ0n) is 11.6. The number of amides is 1. The minimum atomic E-state index is -0.778. The molecule has 0 fully saturated rings. The van der Waals surface area contributed by atoms with E-state index < -0.39 is 23.2 Å². The molecule has 0 unspecified atom stereocenters. The number of nitrogens with two attached hydrogens (primary N) is 1. The first-order valence-electron chi connectivity index (χ1n) is 6.70. The molecule has 21 heavy (non-hydrogen) atoms. The lowest BCUT2D eigenvalue weighted by atomic mass is 10.1. The van der Waals surface area contributed by atoms with Crippen LogP contribution in [0.5, 0.6) is 0 Å². The van der Waals surface area contributed by atoms with Gasteiger partial charge in [0, 0.05) is 5.56 Å². The van der Waals surface area contributed by atoms with Crippen LogP contribution < -0.4 is 10.6 Å². The standard InChI is InChI=1S/C16H16F2N2O/c1-11(12-6-3-2-4-7-12)19-10-15(21)20-16-13(17)8-5-9-14(16)18/h2-9,11,19H,10H2,1H3,(H,20,21)/p+1/t11-/m1/s1. The van der Waals surface area contributed by atoms with Crippen LogP contribution in [0.4, 0.5) is 14.5 Å². The predicted octanol–water partition coefficient (Wildman–Crippen LogP) is 2.23. The Kier molecular flexibility index (Phi) is 5.00. The fourth-order valence-electron chi connectivity index (χ4n) is 1.98. The highest BCUT2D eigenvalue weighted by Gasteiger charge is 2.15. The molecular weight excluding hydrogens is 274 g/mol. The van der Waals surface area contributed by atoms with Crippen molar-refractivity contribution in [3.05, 3.63) is 65.7 Å². The Morgan fingerprint density at radius 2 is 1.71 bits per heavy atom. The Balaban J connectivity index is 1.91. The van der Waals surface area contributed by atoms with Crippen LogP contribution in [0, 0.1) is 11.6 Å². The first-order valence-corrected chi connectivity index (χ1v) is 6.70. The number of rotatable bonds is 5. The Morgan fingerprint density at radius 3 is 2.33 bits per heavy atom. The van der Waals surface area contributed by atoms with Gasteiger partial charge in [0.15, 0.2) is 6.54 Å². The van der Waals surface area contributed by atoms with Crippen LogP contribution in [0.2, 0.25) is 0 Å². The molecule has 0 aliphatic heterocycles. The van der Waals surface area contributed by atoms with Crippen LogP contribution in [0.1, 0.15) is 18.5 Å². The summed E-state index contributed by atoms with van der Waals surface area (Å²) >= 11 is 0. The number of nitrogens with one attached hydrogen (secondary N) is 1. The van der Waals surface area contributed by atoms with Gasteiger partial charge in [-0.2, -0.15) is 0 Å². The predicted molar refractivity (Wildman–Crippen MR) is 76.6 cm³/mol. The molecule has 1 amide bonds. The van der Waals surface area contributed by atoms with Crippen molar-refractivity contribution in [1.82, 2.24) is 0 Å². The molecule has 2 aromatic carbocycles. The summed E-state index contributed by atoms with van der Waals surface area (Å²) in [6.07, 6.45) is 0. The maximum atomic E-state index is 13.4. The highest BCUT2D eigenvalue weighted by atomic mass is 19.1. The fraction of sp³-hybridized carbons (Fsp3) is 0.188. The number of benzene rings is 2. The smallest absolute Gasteiger partial charge is 0.279 e. The average Bonchev–Trinajstić information content (AvgIpc) is 2.49. The molecule has 0 aromatic heterocycles. The van der Waals surface area contributed by atoms with E-state index in [1.807, 2.05) is 42.6 Å². The molecular formula is C16H17F2N2O+. The van der Waals surface area contributed by atoms with Gasteiger partial charge < -0.3 is 10.6 Å². The molecule has 3 N–H and O–H groups in total. The van der Waals surface area contributed by atoms with Crippen LogP contribution in [0.3, 0.4) is 0 Å². The summed E-state index contributed by atoms with van der Waals surface area (Å²) in [5.41, 5.74) is 0.686. The Labute approximate surface area is 122 Å². The number of para-hydroxylation sites is 1. The van der Waals surface area contributed by atoms with Crippen molar-refractivity contribution >= 4 is 11.6 Å². The number of carbonyl (C=O) groups excluding carboxylic acids is 1. The number of hydrogen-bond donors (Lipinski definition) is 2. The third-order valence-corrected chi connectivity index (χ3v) is 3.21. The van der Waals surface area contributed by atoms with Gasteiger partial charge in [-0.15, -0.1) is 0 Å². The number of hydrogen-bond acceptors (Lipinski definition) is 1. The summed E-state index contributed by atoms with van der Waals surface area (Å²) in [6, 6.07) is 13.3. The van der Waals surface area contributed by atoms with Crippen molar-refractivity contribution < 1.29 is 18.9 Å². The van der Waals surface area contributed by atoms with Crippen LogP contribution in [0.15, 0.2) is 48.5 Å². The first-order chi connectivity index (χ1) is 10.1. The summed E-state index contributed by atoms with van der Waals surface area (Å²) in [6.45, 7) is 2.05. The van der Waals surface area contributed by atoms with Crippen molar-refractivity contribution in [3.8, 4) is 0 Å². The zero-order chi connectivity index (χ0) is 15.2. The van der Waals surface area contributed by atoms with Crippen molar-refractivity contribution in [1.29, 1.82) is 0 Å². The quantitative estimate of drug-likeness (QED) is 0.872. The number of anilines is 1. The van der Waals surface area contributed by atoms with Gasteiger partial charge in [-0.3, -0.25) is 4.79 Å². The summed E-state index contributed by atoms with van der Waals surface area (Å²) in [5, 5.41) is 4.07. The second-order valence-corrected chi connectivity index (χ2v) is 4.78. The van der Waals surface area contributed by atoms with Gasteiger partial charge in [0.25, 0.3) is 5.91 Å². The Bertz CT molecular complexity index is 597. The maximum Gasteiger partial charge on any atom is 0.279 e. The van der Waals surface area contributed by atoms with E-state index in [1.54, 1.807) is 0 Å². The van der Waals surface area contributed by atoms with Gasteiger partial charge >= 0.3 is 0 Å². The second-order valence-electron chi connectivity index (χ2n) is 4.78. The van der Waals surface area contributed by atoms with Gasteiger partial charge in [-0.25, -0.2) is 8.78 Å². The number of halogens is 2. The summed E-state index contributed by atoms with van der Waals surface area (Å²) < 4.78 is 26.8. The Hall–Kier alpha value is -2.27. The molecule has 0 saturated heterocycles. The zero-order valence-corrected chi connectivity index (χ0v) is 11.6. The van der Waals surface area contributed by atoms with Gasteiger partial charge in [0.1, 0.15) is 23.4 Å². The van der Waals surface area contributed by atoms with E-state index in [1.165, 1.54) is 6.07 Å². The maximum absolute atomic E-state index is 13.4. The SMILES string of the molecule is C[C@@H]([NH2+]CC(=O)Nc1c(F)cccc1F)c1ccccc1. The van der Waals surface area contributed by atoms with Gasteiger partial charge in [-0.1, -0.05) is 36.4 Å². The van der Waals surface area contributed by atoms with Crippen molar-refractivity contribution in [2.75, 3.05) is 11.9 Å². The third-order valence-electron chi connectivity index (χ3n) is 3.21. The summed E-state index contributed by atoms with van der Waals surface area (Å²) in [5.74, 6) is -2.00. The van der Waals surface area contributed by atoms with Crippen molar-refractivity contribution in [3.63, 3.8) is 0 Å². The molecule has 2 aromatic rings. The minimum Gasteiger partial charge on any atom is -0.333 e. The number of quaternary nitrogens is 1. The molecule has 0 heterocycles. The van der Waals surface area contributed by atoms with E-state index in [0.717, 1.165) is 17.7 Å². The van der Waals surface area contributed by atoms with Crippen LogP contribution >= 0.6 is 0 Å². The minimum absolute atomic E-state index is 0.0856. The molecule has 0 spiro atoms. The third kappa shape index (κ3) is 4.10.